The van der Waals surface area contributed by atoms with Crippen LogP contribution in [0.2, 0.25) is 0 Å². The van der Waals surface area contributed by atoms with Crippen molar-refractivity contribution in [1.82, 2.24) is 0 Å². The summed E-state index contributed by atoms with van der Waals surface area (Å²) in [7, 11) is 0. The molecule has 0 heterocycles. The Morgan fingerprint density at radius 1 is 0.562 bits per heavy atom. The highest BCUT2D eigenvalue weighted by Crippen LogP contribution is 2.57. The molecular weight excluding hydrogens is 384 g/mol. The predicted octanol–water partition coefficient (Wildman–Crippen LogP) is 8.27. The van der Waals surface area contributed by atoms with E-state index >= 15 is 0 Å². The van der Waals surface area contributed by atoms with E-state index in [1.807, 2.05) is 0 Å². The van der Waals surface area contributed by atoms with Crippen molar-refractivity contribution in [3.8, 4) is 11.1 Å². The topological polar surface area (TPSA) is 0 Å². The van der Waals surface area contributed by atoms with Gasteiger partial charge >= 0.3 is 0 Å². The van der Waals surface area contributed by atoms with Crippen LogP contribution in [0.5, 0.6) is 0 Å². The number of hydrogen-bond donors (Lipinski definition) is 0. The summed E-state index contributed by atoms with van der Waals surface area (Å²) in [6.45, 7) is 13.6. The van der Waals surface area contributed by atoms with E-state index < -0.39 is 0 Å². The minimum Gasteiger partial charge on any atom is -0.0620 e. The second kappa shape index (κ2) is 7.20. The molecule has 4 aromatic rings. The van der Waals surface area contributed by atoms with Crippen LogP contribution in [-0.4, -0.2) is 0 Å². The highest BCUT2D eigenvalue weighted by molar-refractivity contribution is 5.87. The number of fused-ring (bicyclic) bond motifs is 3. The van der Waals surface area contributed by atoms with Gasteiger partial charge in [0.1, 0.15) is 0 Å². The first-order valence-electron chi connectivity index (χ1n) is 11.6. The molecule has 0 nitrogen and oxygen atoms in total. The molecule has 4 aromatic carbocycles. The predicted molar refractivity (Wildman–Crippen MR) is 137 cm³/mol. The Kier molecular flexibility index (Phi) is 4.67. The molecule has 0 unspecified atom stereocenters. The lowest BCUT2D eigenvalue weighted by Gasteiger charge is -2.36. The zero-order valence-electron chi connectivity index (χ0n) is 20.1. The Hall–Kier alpha value is -3.12. The summed E-state index contributed by atoms with van der Waals surface area (Å²) < 4.78 is 0. The van der Waals surface area contributed by atoms with Crippen LogP contribution in [0.3, 0.4) is 0 Å². The minimum absolute atomic E-state index is 0.0897. The molecule has 0 atom stereocenters. The molecule has 32 heavy (non-hydrogen) atoms. The van der Waals surface area contributed by atoms with E-state index in [1.54, 1.807) is 0 Å². The summed E-state index contributed by atoms with van der Waals surface area (Å²) in [5.74, 6) is 0. The Labute approximate surface area is 193 Å². The average molecular weight is 417 g/mol. The Morgan fingerprint density at radius 2 is 1.16 bits per heavy atom. The summed E-state index contributed by atoms with van der Waals surface area (Å²) in [5, 5.41) is 0. The zero-order chi connectivity index (χ0) is 22.7. The van der Waals surface area contributed by atoms with Gasteiger partial charge in [-0.2, -0.15) is 0 Å². The Balaban J connectivity index is 1.99. The highest BCUT2D eigenvalue weighted by Gasteiger charge is 2.47. The summed E-state index contributed by atoms with van der Waals surface area (Å²) >= 11 is 0. The maximum absolute atomic E-state index is 2.45. The second-order valence-electron chi connectivity index (χ2n) is 10.5. The van der Waals surface area contributed by atoms with Crippen LogP contribution >= 0.6 is 0 Å². The summed E-state index contributed by atoms with van der Waals surface area (Å²) in [6, 6.07) is 32.3. The summed E-state index contributed by atoms with van der Waals surface area (Å²) in [6.07, 6.45) is 0. The molecule has 0 saturated heterocycles. The third kappa shape index (κ3) is 2.97. The Morgan fingerprint density at radius 3 is 1.72 bits per heavy atom. The summed E-state index contributed by atoms with van der Waals surface area (Å²) in [5.41, 5.74) is 13.3. The first-order valence-corrected chi connectivity index (χ1v) is 11.6. The SMILES string of the molecule is Cc1ccc2c(c1)C(c1cccc(C(C)(C)C)c1)(c1ccccc1C)c1cc(C)ccc1-2. The molecule has 0 fully saturated rings. The van der Waals surface area contributed by atoms with Crippen LogP contribution in [-0.2, 0) is 10.8 Å². The number of hydrogen-bond acceptors (Lipinski definition) is 0. The van der Waals surface area contributed by atoms with Gasteiger partial charge < -0.3 is 0 Å². The fourth-order valence-electron chi connectivity index (χ4n) is 5.52. The van der Waals surface area contributed by atoms with Gasteiger partial charge in [-0.1, -0.05) is 117 Å². The maximum Gasteiger partial charge on any atom is 0.0716 e. The molecule has 1 aliphatic rings. The average Bonchev–Trinajstić information content (AvgIpc) is 3.03. The van der Waals surface area contributed by atoms with Gasteiger partial charge in [-0.25, -0.2) is 0 Å². The smallest absolute Gasteiger partial charge is 0.0620 e. The van der Waals surface area contributed by atoms with Crippen molar-refractivity contribution in [2.75, 3.05) is 0 Å². The first-order chi connectivity index (χ1) is 15.2. The highest BCUT2D eigenvalue weighted by atomic mass is 14.5. The fraction of sp³-hybridized carbons (Fsp3) is 0.250. The van der Waals surface area contributed by atoms with Gasteiger partial charge in [0, 0.05) is 0 Å². The molecule has 0 aliphatic heterocycles. The normalized spacial score (nSPS) is 14.2. The van der Waals surface area contributed by atoms with Crippen molar-refractivity contribution >= 4 is 0 Å². The zero-order valence-corrected chi connectivity index (χ0v) is 20.1. The van der Waals surface area contributed by atoms with Crippen molar-refractivity contribution in [2.24, 2.45) is 0 Å². The van der Waals surface area contributed by atoms with Crippen LogP contribution in [0.1, 0.15) is 65.3 Å². The molecule has 1 aliphatic carbocycles. The van der Waals surface area contributed by atoms with E-state index in [1.165, 1.54) is 55.6 Å². The lowest BCUT2D eigenvalue weighted by molar-refractivity contribution is 0.587. The van der Waals surface area contributed by atoms with Crippen LogP contribution in [0.25, 0.3) is 11.1 Å². The molecular formula is C32H32. The van der Waals surface area contributed by atoms with Gasteiger partial charge in [0.15, 0.2) is 0 Å². The van der Waals surface area contributed by atoms with E-state index in [9.17, 15) is 0 Å². The van der Waals surface area contributed by atoms with Crippen LogP contribution < -0.4 is 0 Å². The standard InChI is InChI=1S/C32H32/c1-21-14-16-26-27-17-15-22(2)19-30(27)32(29(26)18-21,28-13-8-7-10-23(28)3)25-12-9-11-24(20-25)31(4,5)6/h7-20H,1-6H3. The van der Waals surface area contributed by atoms with Gasteiger partial charge in [-0.3, -0.25) is 0 Å². The lowest BCUT2D eigenvalue weighted by Crippen LogP contribution is -2.30. The van der Waals surface area contributed by atoms with Crippen LogP contribution in [0.4, 0.5) is 0 Å². The largest absolute Gasteiger partial charge is 0.0716 e. The molecule has 0 heteroatoms. The maximum atomic E-state index is 2.45. The van der Waals surface area contributed by atoms with Gasteiger partial charge in [-0.05, 0) is 70.7 Å². The van der Waals surface area contributed by atoms with Crippen LogP contribution in [0.15, 0.2) is 84.9 Å². The number of rotatable bonds is 2. The first kappa shape index (κ1) is 20.8. The molecule has 5 rings (SSSR count). The molecule has 0 aromatic heterocycles. The Bertz CT molecular complexity index is 1280. The molecule has 0 amide bonds. The van der Waals surface area contributed by atoms with Crippen molar-refractivity contribution in [1.29, 1.82) is 0 Å². The molecule has 0 radical (unpaired) electrons. The lowest BCUT2D eigenvalue weighted by atomic mass is 9.65. The van der Waals surface area contributed by atoms with E-state index in [0.29, 0.717) is 0 Å². The third-order valence-corrected chi connectivity index (χ3v) is 7.16. The van der Waals surface area contributed by atoms with Crippen molar-refractivity contribution in [3.05, 3.63) is 129 Å². The third-order valence-electron chi connectivity index (χ3n) is 7.16. The molecule has 0 N–H and O–H groups in total. The van der Waals surface area contributed by atoms with Gasteiger partial charge in [0.05, 0.1) is 5.41 Å². The number of aryl methyl sites for hydroxylation is 3. The minimum atomic E-state index is -0.324. The van der Waals surface area contributed by atoms with Gasteiger partial charge in [-0.15, -0.1) is 0 Å². The fourth-order valence-corrected chi connectivity index (χ4v) is 5.52. The number of benzene rings is 4. The molecule has 0 saturated carbocycles. The quantitative estimate of drug-likeness (QED) is 0.272. The van der Waals surface area contributed by atoms with Crippen molar-refractivity contribution < 1.29 is 0 Å². The summed E-state index contributed by atoms with van der Waals surface area (Å²) in [4.78, 5) is 0. The second-order valence-corrected chi connectivity index (χ2v) is 10.5. The van der Waals surface area contributed by atoms with Crippen LogP contribution in [0, 0.1) is 20.8 Å². The van der Waals surface area contributed by atoms with E-state index in [0.717, 1.165) is 0 Å². The van der Waals surface area contributed by atoms with Gasteiger partial charge in [0.2, 0.25) is 0 Å². The van der Waals surface area contributed by atoms with Crippen molar-refractivity contribution in [2.45, 2.75) is 52.4 Å². The monoisotopic (exact) mass is 416 g/mol. The molecule has 0 spiro atoms. The van der Waals surface area contributed by atoms with E-state index in [2.05, 4.69) is 126 Å². The van der Waals surface area contributed by atoms with Gasteiger partial charge in [0.25, 0.3) is 0 Å². The molecule has 160 valence electrons. The van der Waals surface area contributed by atoms with E-state index in [-0.39, 0.29) is 10.8 Å². The van der Waals surface area contributed by atoms with E-state index in [4.69, 9.17) is 0 Å². The van der Waals surface area contributed by atoms with Crippen molar-refractivity contribution in [3.63, 3.8) is 0 Å². The molecule has 0 bridgehead atoms.